The summed E-state index contributed by atoms with van der Waals surface area (Å²) in [5.41, 5.74) is 1.47. The molecule has 3 aliphatic rings. The van der Waals surface area contributed by atoms with Gasteiger partial charge in [0.2, 0.25) is 25.2 Å². The molecule has 0 spiro atoms. The Morgan fingerprint density at radius 3 is 2.70 bits per heavy atom. The molecule has 0 atom stereocenters. The number of benzene rings is 2. The summed E-state index contributed by atoms with van der Waals surface area (Å²) >= 11 is 0. The van der Waals surface area contributed by atoms with Crippen molar-refractivity contribution in [1.29, 1.82) is 0 Å². The van der Waals surface area contributed by atoms with Crippen LogP contribution in [0.1, 0.15) is 11.1 Å². The maximum Gasteiger partial charge on any atom is 0.363 e. The number of methoxy groups -OCH3 is 1. The van der Waals surface area contributed by atoms with Gasteiger partial charge in [-0.25, -0.2) is 9.79 Å². The molecule has 0 bridgehead atoms. The molecule has 3 aliphatic heterocycles. The molecule has 8 nitrogen and oxygen atoms in total. The van der Waals surface area contributed by atoms with Crippen molar-refractivity contribution >= 4 is 17.9 Å². The van der Waals surface area contributed by atoms with Crippen LogP contribution in [0.2, 0.25) is 0 Å². The number of rotatable bonds is 3. The Kier molecular flexibility index (Phi) is 3.43. The van der Waals surface area contributed by atoms with Crippen LogP contribution < -0.4 is 23.7 Å². The van der Waals surface area contributed by atoms with E-state index in [-0.39, 0.29) is 25.2 Å². The fourth-order valence-electron chi connectivity index (χ4n) is 2.95. The van der Waals surface area contributed by atoms with Crippen molar-refractivity contribution < 1.29 is 33.2 Å². The molecule has 136 valence electrons. The van der Waals surface area contributed by atoms with Gasteiger partial charge in [-0.15, -0.1) is 0 Å². The van der Waals surface area contributed by atoms with E-state index in [0.29, 0.717) is 39.9 Å². The van der Waals surface area contributed by atoms with Gasteiger partial charge in [-0.3, -0.25) is 0 Å². The van der Waals surface area contributed by atoms with Crippen molar-refractivity contribution in [3.8, 4) is 28.7 Å². The summed E-state index contributed by atoms with van der Waals surface area (Å²) in [4.78, 5) is 16.5. The van der Waals surface area contributed by atoms with E-state index in [2.05, 4.69) is 4.99 Å². The van der Waals surface area contributed by atoms with E-state index in [9.17, 15) is 4.79 Å². The van der Waals surface area contributed by atoms with Gasteiger partial charge in [-0.05, 0) is 42.0 Å². The quantitative estimate of drug-likeness (QED) is 0.609. The fraction of sp³-hybridized carbons (Fsp3) is 0.158. The first kappa shape index (κ1) is 15.6. The minimum atomic E-state index is -0.542. The first-order chi connectivity index (χ1) is 13.2. The summed E-state index contributed by atoms with van der Waals surface area (Å²) in [6.45, 7) is 0.294. The van der Waals surface area contributed by atoms with Crippen LogP contribution in [0.3, 0.4) is 0 Å². The largest absolute Gasteiger partial charge is 0.493 e. The summed E-state index contributed by atoms with van der Waals surface area (Å²) in [5, 5.41) is 0. The summed E-state index contributed by atoms with van der Waals surface area (Å²) in [7, 11) is 1.54. The summed E-state index contributed by atoms with van der Waals surface area (Å²) in [6.07, 6.45) is 1.60. The average Bonchev–Trinajstić information content (AvgIpc) is 3.40. The van der Waals surface area contributed by atoms with Crippen LogP contribution in [-0.4, -0.2) is 32.6 Å². The molecule has 2 aromatic rings. The molecule has 3 heterocycles. The smallest absolute Gasteiger partial charge is 0.363 e. The zero-order valence-electron chi connectivity index (χ0n) is 14.2. The normalized spacial score (nSPS) is 17.9. The van der Waals surface area contributed by atoms with Crippen molar-refractivity contribution in [3.05, 3.63) is 47.2 Å². The number of aliphatic imine (C=N–C) groups is 1. The zero-order valence-corrected chi connectivity index (χ0v) is 14.2. The predicted molar refractivity (Wildman–Crippen MR) is 92.3 cm³/mol. The number of nitrogens with zero attached hydrogens (tertiary/aromatic N) is 1. The standard InChI is InChI=1S/C19H13NO7/c1-22-15-5-10(6-16-17(15)26-9-25-16)4-12-19(21)27-18(20-12)11-2-3-13-14(7-11)24-8-23-13/h2-7H,8-9H2,1H3/b12-4-. The van der Waals surface area contributed by atoms with Crippen LogP contribution in [-0.2, 0) is 9.53 Å². The zero-order chi connectivity index (χ0) is 18.4. The molecule has 0 unspecified atom stereocenters. The molecule has 0 saturated heterocycles. The molecule has 0 saturated carbocycles. The highest BCUT2D eigenvalue weighted by Gasteiger charge is 2.27. The molecule has 0 fully saturated rings. The highest BCUT2D eigenvalue weighted by atomic mass is 16.7. The van der Waals surface area contributed by atoms with E-state index in [1.807, 2.05) is 0 Å². The Hall–Kier alpha value is -3.68. The molecule has 0 aliphatic carbocycles. The number of hydrogen-bond donors (Lipinski definition) is 0. The molecule has 8 heteroatoms. The van der Waals surface area contributed by atoms with Crippen LogP contribution >= 0.6 is 0 Å². The van der Waals surface area contributed by atoms with E-state index in [0.717, 1.165) is 0 Å². The predicted octanol–water partition coefficient (Wildman–Crippen LogP) is 2.50. The highest BCUT2D eigenvalue weighted by Crippen LogP contribution is 2.42. The maximum atomic E-state index is 12.2. The van der Waals surface area contributed by atoms with Gasteiger partial charge in [-0.1, -0.05) is 0 Å². The van der Waals surface area contributed by atoms with Crippen molar-refractivity contribution in [2.45, 2.75) is 0 Å². The second kappa shape index (κ2) is 5.94. The number of cyclic esters (lactones) is 1. The fourth-order valence-corrected chi connectivity index (χ4v) is 2.95. The number of ether oxygens (including phenoxy) is 6. The van der Waals surface area contributed by atoms with Crippen LogP contribution in [0.25, 0.3) is 6.08 Å². The van der Waals surface area contributed by atoms with Gasteiger partial charge in [0.1, 0.15) is 0 Å². The van der Waals surface area contributed by atoms with E-state index in [1.165, 1.54) is 7.11 Å². The first-order valence-corrected chi connectivity index (χ1v) is 8.11. The van der Waals surface area contributed by atoms with E-state index < -0.39 is 5.97 Å². The third-order valence-electron chi connectivity index (χ3n) is 4.22. The van der Waals surface area contributed by atoms with Gasteiger partial charge >= 0.3 is 5.97 Å². The Morgan fingerprint density at radius 1 is 1.00 bits per heavy atom. The summed E-state index contributed by atoms with van der Waals surface area (Å²) in [5.74, 6) is 2.50. The minimum absolute atomic E-state index is 0.125. The lowest BCUT2D eigenvalue weighted by molar-refractivity contribution is -0.129. The third-order valence-corrected chi connectivity index (χ3v) is 4.22. The monoisotopic (exact) mass is 367 g/mol. The van der Waals surface area contributed by atoms with Gasteiger partial charge in [0, 0.05) is 5.56 Å². The van der Waals surface area contributed by atoms with Crippen LogP contribution in [0.15, 0.2) is 41.0 Å². The van der Waals surface area contributed by atoms with Gasteiger partial charge in [0.05, 0.1) is 7.11 Å². The van der Waals surface area contributed by atoms with Gasteiger partial charge in [0.25, 0.3) is 0 Å². The Morgan fingerprint density at radius 2 is 1.81 bits per heavy atom. The molecule has 5 rings (SSSR count). The van der Waals surface area contributed by atoms with Gasteiger partial charge in [0.15, 0.2) is 28.7 Å². The van der Waals surface area contributed by atoms with Crippen molar-refractivity contribution in [2.75, 3.05) is 20.7 Å². The SMILES string of the molecule is COc1cc(/C=C2\N=C(c3ccc4c(c3)OCO4)OC2=O)cc2c1OCO2. The second-order valence-electron chi connectivity index (χ2n) is 5.86. The molecular formula is C19H13NO7. The van der Waals surface area contributed by atoms with Crippen molar-refractivity contribution in [3.63, 3.8) is 0 Å². The number of hydrogen-bond acceptors (Lipinski definition) is 8. The number of carbonyl (C=O) groups excluding carboxylic acids is 1. The molecular weight excluding hydrogens is 354 g/mol. The van der Waals surface area contributed by atoms with E-state index >= 15 is 0 Å². The molecule has 0 radical (unpaired) electrons. The Bertz CT molecular complexity index is 1020. The topological polar surface area (TPSA) is 84.8 Å². The van der Waals surface area contributed by atoms with Crippen LogP contribution in [0.4, 0.5) is 0 Å². The average molecular weight is 367 g/mol. The summed E-state index contributed by atoms with van der Waals surface area (Å²) in [6, 6.07) is 8.71. The lowest BCUT2D eigenvalue weighted by Gasteiger charge is -2.05. The van der Waals surface area contributed by atoms with E-state index in [1.54, 1.807) is 36.4 Å². The number of esters is 1. The van der Waals surface area contributed by atoms with Crippen molar-refractivity contribution in [2.24, 2.45) is 4.99 Å². The molecule has 0 aromatic heterocycles. The Balaban J connectivity index is 1.49. The lowest BCUT2D eigenvalue weighted by atomic mass is 10.1. The lowest BCUT2D eigenvalue weighted by Crippen LogP contribution is -2.05. The minimum Gasteiger partial charge on any atom is -0.493 e. The van der Waals surface area contributed by atoms with Crippen molar-refractivity contribution in [1.82, 2.24) is 0 Å². The Labute approximate surface area is 153 Å². The molecule has 27 heavy (non-hydrogen) atoms. The third kappa shape index (κ3) is 2.62. The number of fused-ring (bicyclic) bond motifs is 2. The van der Waals surface area contributed by atoms with Gasteiger partial charge < -0.3 is 28.4 Å². The van der Waals surface area contributed by atoms with E-state index in [4.69, 9.17) is 28.4 Å². The number of carbonyl (C=O) groups is 1. The van der Waals surface area contributed by atoms with Crippen LogP contribution in [0.5, 0.6) is 28.7 Å². The summed E-state index contributed by atoms with van der Waals surface area (Å²) < 4.78 is 32.0. The maximum absolute atomic E-state index is 12.2. The molecule has 2 aromatic carbocycles. The second-order valence-corrected chi connectivity index (χ2v) is 5.86. The molecule has 0 N–H and O–H groups in total. The van der Waals surface area contributed by atoms with Gasteiger partial charge in [-0.2, -0.15) is 0 Å². The van der Waals surface area contributed by atoms with Crippen LogP contribution in [0, 0.1) is 0 Å². The highest BCUT2D eigenvalue weighted by molar-refractivity contribution is 6.13. The first-order valence-electron chi connectivity index (χ1n) is 8.11. The molecule has 0 amide bonds.